The second kappa shape index (κ2) is 4.83. The minimum Gasteiger partial charge on any atom is -0.379 e. The molecule has 1 atom stereocenters. The first-order valence-electron chi connectivity index (χ1n) is 4.25. The van der Waals surface area contributed by atoms with Crippen molar-refractivity contribution >= 4 is 54.0 Å². The van der Waals surface area contributed by atoms with E-state index in [1.807, 2.05) is 24.3 Å². The topological polar surface area (TPSA) is 46.5 Å². The van der Waals surface area contributed by atoms with Crippen molar-refractivity contribution in [1.29, 1.82) is 0 Å². The number of halogens is 2. The molecule has 2 aromatic carbocycles. The lowest BCUT2D eigenvalue weighted by molar-refractivity contribution is 0.457. The lowest BCUT2D eigenvalue weighted by Gasteiger charge is -2.06. The van der Waals surface area contributed by atoms with E-state index in [9.17, 15) is 4.21 Å². The standard InChI is InChI=1S/C10H6Br2O3S/c11-7-2-3-8-6(5-7)1-4-9(10(8)12)15-16(13)14/h1-5H,(H,13,14). The minimum atomic E-state index is -2.31. The van der Waals surface area contributed by atoms with Gasteiger partial charge in [0.15, 0.2) is 5.75 Å². The Labute approximate surface area is 112 Å². The molecule has 1 unspecified atom stereocenters. The number of benzene rings is 2. The molecule has 0 fully saturated rings. The fourth-order valence-corrected chi connectivity index (χ4v) is 2.74. The highest BCUT2D eigenvalue weighted by atomic mass is 79.9. The Morgan fingerprint density at radius 1 is 1.19 bits per heavy atom. The molecule has 0 aliphatic heterocycles. The average molecular weight is 366 g/mol. The van der Waals surface area contributed by atoms with Gasteiger partial charge in [0.2, 0.25) is 0 Å². The monoisotopic (exact) mass is 364 g/mol. The number of hydrogen-bond donors (Lipinski definition) is 1. The van der Waals surface area contributed by atoms with Crippen LogP contribution in [0.4, 0.5) is 0 Å². The van der Waals surface area contributed by atoms with Gasteiger partial charge in [-0.3, -0.25) is 4.55 Å². The Bertz CT molecular complexity index is 571. The molecule has 6 heteroatoms. The molecule has 2 aromatic rings. The molecule has 1 N–H and O–H groups in total. The van der Waals surface area contributed by atoms with Crippen LogP contribution in [0.15, 0.2) is 39.3 Å². The molecule has 0 saturated heterocycles. The summed E-state index contributed by atoms with van der Waals surface area (Å²) in [6.45, 7) is 0. The Hall–Kier alpha value is -0.430. The minimum absolute atomic E-state index is 0.343. The normalized spacial score (nSPS) is 12.7. The highest BCUT2D eigenvalue weighted by Crippen LogP contribution is 2.34. The second-order valence-electron chi connectivity index (χ2n) is 3.04. The molecule has 0 aliphatic carbocycles. The smallest absolute Gasteiger partial charge is 0.357 e. The highest BCUT2D eigenvalue weighted by Gasteiger charge is 2.08. The Morgan fingerprint density at radius 3 is 2.62 bits per heavy atom. The van der Waals surface area contributed by atoms with E-state index in [2.05, 4.69) is 31.9 Å². The first-order valence-corrected chi connectivity index (χ1v) is 6.86. The molecule has 16 heavy (non-hydrogen) atoms. The van der Waals surface area contributed by atoms with Gasteiger partial charge in [0.25, 0.3) is 0 Å². The zero-order chi connectivity index (χ0) is 11.7. The third-order valence-electron chi connectivity index (χ3n) is 2.04. The fraction of sp³-hybridized carbons (Fsp3) is 0. The van der Waals surface area contributed by atoms with Gasteiger partial charge in [-0.05, 0) is 44.9 Å². The summed E-state index contributed by atoms with van der Waals surface area (Å²) < 4.78 is 25.6. The van der Waals surface area contributed by atoms with Crippen LogP contribution in [0.3, 0.4) is 0 Å². The molecular formula is C10H6Br2O3S. The lowest BCUT2D eigenvalue weighted by atomic mass is 10.1. The fourth-order valence-electron chi connectivity index (χ4n) is 1.38. The summed E-state index contributed by atoms with van der Waals surface area (Å²) in [5.41, 5.74) is 0. The Morgan fingerprint density at radius 2 is 1.94 bits per heavy atom. The van der Waals surface area contributed by atoms with E-state index in [1.165, 1.54) is 0 Å². The van der Waals surface area contributed by atoms with Crippen LogP contribution in [0.5, 0.6) is 5.75 Å². The predicted molar refractivity (Wildman–Crippen MR) is 70.7 cm³/mol. The second-order valence-corrected chi connectivity index (χ2v) is 5.35. The maximum atomic E-state index is 10.6. The van der Waals surface area contributed by atoms with Gasteiger partial charge in [0.05, 0.1) is 4.47 Å². The van der Waals surface area contributed by atoms with Gasteiger partial charge in [-0.25, -0.2) is 0 Å². The summed E-state index contributed by atoms with van der Waals surface area (Å²) >= 11 is 4.42. The zero-order valence-electron chi connectivity index (χ0n) is 7.81. The molecule has 0 spiro atoms. The molecule has 0 heterocycles. The van der Waals surface area contributed by atoms with E-state index in [0.29, 0.717) is 10.2 Å². The van der Waals surface area contributed by atoms with Crippen molar-refractivity contribution in [2.45, 2.75) is 0 Å². The lowest BCUT2D eigenvalue weighted by Crippen LogP contribution is -1.98. The Kier molecular flexibility index (Phi) is 3.63. The highest BCUT2D eigenvalue weighted by molar-refractivity contribution is 9.11. The quantitative estimate of drug-likeness (QED) is 0.821. The van der Waals surface area contributed by atoms with Gasteiger partial charge in [0, 0.05) is 4.47 Å². The number of rotatable bonds is 2. The summed E-state index contributed by atoms with van der Waals surface area (Å²) in [6, 6.07) is 9.23. The third-order valence-corrected chi connectivity index (χ3v) is 3.68. The van der Waals surface area contributed by atoms with Gasteiger partial charge in [0.1, 0.15) is 0 Å². The maximum Gasteiger partial charge on any atom is 0.357 e. The van der Waals surface area contributed by atoms with Crippen LogP contribution in [0.2, 0.25) is 0 Å². The summed E-state index contributed by atoms with van der Waals surface area (Å²) in [4.78, 5) is 0. The van der Waals surface area contributed by atoms with E-state index < -0.39 is 11.4 Å². The van der Waals surface area contributed by atoms with Gasteiger partial charge in [-0.2, -0.15) is 4.21 Å². The molecule has 0 amide bonds. The van der Waals surface area contributed by atoms with Crippen molar-refractivity contribution in [2.24, 2.45) is 0 Å². The van der Waals surface area contributed by atoms with Gasteiger partial charge in [-0.1, -0.05) is 28.1 Å². The van der Waals surface area contributed by atoms with Crippen LogP contribution >= 0.6 is 31.9 Å². The maximum absolute atomic E-state index is 10.6. The van der Waals surface area contributed by atoms with E-state index >= 15 is 0 Å². The van der Waals surface area contributed by atoms with Gasteiger partial charge >= 0.3 is 11.4 Å². The predicted octanol–water partition coefficient (Wildman–Crippen LogP) is 3.88. The van der Waals surface area contributed by atoms with Crippen LogP contribution in [0.1, 0.15) is 0 Å². The van der Waals surface area contributed by atoms with E-state index in [4.69, 9.17) is 8.74 Å². The molecule has 3 nitrogen and oxygen atoms in total. The van der Waals surface area contributed by atoms with E-state index in [1.54, 1.807) is 6.07 Å². The molecule has 84 valence electrons. The first kappa shape index (κ1) is 12.0. The molecule has 0 radical (unpaired) electrons. The van der Waals surface area contributed by atoms with Crippen molar-refractivity contribution in [1.82, 2.24) is 0 Å². The molecule has 0 bridgehead atoms. The summed E-state index contributed by atoms with van der Waals surface area (Å²) in [6.07, 6.45) is 0. The SMILES string of the molecule is O=S(O)Oc1ccc2cc(Br)ccc2c1Br. The third kappa shape index (κ3) is 2.45. The molecular weight excluding hydrogens is 360 g/mol. The van der Waals surface area contributed by atoms with Gasteiger partial charge < -0.3 is 4.18 Å². The van der Waals surface area contributed by atoms with Crippen LogP contribution in [0, 0.1) is 0 Å². The summed E-state index contributed by atoms with van der Waals surface area (Å²) in [5, 5.41) is 1.93. The number of fused-ring (bicyclic) bond motifs is 1. The van der Waals surface area contributed by atoms with E-state index in [0.717, 1.165) is 15.2 Å². The van der Waals surface area contributed by atoms with E-state index in [-0.39, 0.29) is 0 Å². The molecule has 0 aliphatic rings. The van der Waals surface area contributed by atoms with Crippen molar-refractivity contribution < 1.29 is 12.9 Å². The molecule has 0 aromatic heterocycles. The molecule has 2 rings (SSSR count). The van der Waals surface area contributed by atoms with Crippen molar-refractivity contribution in [3.8, 4) is 5.75 Å². The van der Waals surface area contributed by atoms with Crippen molar-refractivity contribution in [3.63, 3.8) is 0 Å². The Balaban J connectivity index is 2.60. The largest absolute Gasteiger partial charge is 0.379 e. The van der Waals surface area contributed by atoms with Gasteiger partial charge in [-0.15, -0.1) is 0 Å². The average Bonchev–Trinajstić information content (AvgIpc) is 2.22. The summed E-state index contributed by atoms with van der Waals surface area (Å²) in [7, 11) is 0. The first-order chi connectivity index (χ1) is 7.58. The summed E-state index contributed by atoms with van der Waals surface area (Å²) in [5.74, 6) is 0.343. The number of hydrogen-bond acceptors (Lipinski definition) is 2. The van der Waals surface area contributed by atoms with Crippen LogP contribution in [-0.2, 0) is 11.4 Å². The van der Waals surface area contributed by atoms with Crippen LogP contribution in [-0.4, -0.2) is 8.76 Å². The van der Waals surface area contributed by atoms with Crippen molar-refractivity contribution in [2.75, 3.05) is 0 Å². The van der Waals surface area contributed by atoms with Crippen LogP contribution < -0.4 is 4.18 Å². The zero-order valence-corrected chi connectivity index (χ0v) is 11.8. The van der Waals surface area contributed by atoms with Crippen LogP contribution in [0.25, 0.3) is 10.8 Å². The van der Waals surface area contributed by atoms with Crippen molar-refractivity contribution in [3.05, 3.63) is 39.3 Å². The molecule has 0 saturated carbocycles.